The topological polar surface area (TPSA) is 165 Å². The summed E-state index contributed by atoms with van der Waals surface area (Å²) in [6.07, 6.45) is -0.345. The number of nitrogens with two attached hydrogens (primary N) is 3. The molecule has 0 rings (SSSR count). The van der Waals surface area contributed by atoms with E-state index in [1.54, 1.807) is 10.9 Å². The maximum absolute atomic E-state index is 11.0. The zero-order valence-electron chi connectivity index (χ0n) is 7.24. The molecule has 0 aliphatic carbocycles. The molecule has 0 heterocycles. The normalized spacial score (nSPS) is 11.3. The van der Waals surface area contributed by atoms with Crippen molar-refractivity contribution < 1.29 is 14.4 Å². The van der Waals surface area contributed by atoms with Crippen LogP contribution in [0.4, 0.5) is 4.79 Å². The molecular weight excluding hydrogens is 192 g/mol. The number of carbonyl (C=O) groups excluding carboxylic acids is 3. The van der Waals surface area contributed by atoms with Crippen molar-refractivity contribution in [3.63, 3.8) is 0 Å². The lowest BCUT2D eigenvalue weighted by Crippen LogP contribution is -2.52. The average Bonchev–Trinajstić information content (AvgIpc) is 2.14. The van der Waals surface area contributed by atoms with Gasteiger partial charge in [0.05, 0.1) is 6.42 Å². The largest absolute Gasteiger partial charge is 0.352 e. The number of nitrogens with one attached hydrogen (secondary N) is 3. The van der Waals surface area contributed by atoms with Crippen molar-refractivity contribution in [1.82, 2.24) is 16.2 Å². The van der Waals surface area contributed by atoms with E-state index in [1.165, 1.54) is 0 Å². The van der Waals surface area contributed by atoms with Crippen LogP contribution in [-0.2, 0) is 9.59 Å². The Morgan fingerprint density at radius 3 is 2.07 bits per heavy atom. The predicted molar refractivity (Wildman–Crippen MR) is 45.8 cm³/mol. The minimum Gasteiger partial charge on any atom is -0.352 e. The first kappa shape index (κ1) is 12.1. The van der Waals surface area contributed by atoms with E-state index in [0.717, 1.165) is 0 Å². The zero-order valence-corrected chi connectivity index (χ0v) is 7.24. The summed E-state index contributed by atoms with van der Waals surface area (Å²) in [7, 11) is 0. The van der Waals surface area contributed by atoms with Gasteiger partial charge in [0.2, 0.25) is 5.91 Å². The number of amides is 4. The first-order valence-corrected chi connectivity index (χ1v) is 3.57. The Labute approximate surface area is 79.3 Å². The molecule has 0 spiro atoms. The maximum atomic E-state index is 11.0. The molecule has 0 aromatic carbocycles. The van der Waals surface area contributed by atoms with Gasteiger partial charge in [0.1, 0.15) is 6.04 Å². The third-order valence-corrected chi connectivity index (χ3v) is 1.33. The van der Waals surface area contributed by atoms with Crippen LogP contribution in [-0.4, -0.2) is 23.9 Å². The molecular formula is C5H12N6O3. The molecule has 1 atom stereocenters. The van der Waals surface area contributed by atoms with E-state index < -0.39 is 23.9 Å². The van der Waals surface area contributed by atoms with Crippen molar-refractivity contribution >= 4 is 17.8 Å². The molecule has 0 aliphatic heterocycles. The van der Waals surface area contributed by atoms with Gasteiger partial charge in [-0.15, -0.1) is 0 Å². The van der Waals surface area contributed by atoms with Crippen LogP contribution < -0.4 is 33.6 Å². The molecule has 0 saturated heterocycles. The third kappa shape index (κ3) is 4.23. The van der Waals surface area contributed by atoms with Gasteiger partial charge in [0.25, 0.3) is 5.91 Å². The van der Waals surface area contributed by atoms with Crippen LogP contribution in [0.15, 0.2) is 0 Å². The van der Waals surface area contributed by atoms with E-state index in [2.05, 4.69) is 0 Å². The fraction of sp³-hybridized carbons (Fsp3) is 0.400. The molecule has 0 bridgehead atoms. The van der Waals surface area contributed by atoms with Gasteiger partial charge >= 0.3 is 6.03 Å². The van der Waals surface area contributed by atoms with Crippen LogP contribution in [0, 0.1) is 0 Å². The Bertz CT molecular complexity index is 242. The summed E-state index contributed by atoms with van der Waals surface area (Å²) in [5.74, 6) is 8.22. The number of rotatable bonds is 4. The fourth-order valence-electron chi connectivity index (χ4n) is 0.726. The summed E-state index contributed by atoms with van der Waals surface area (Å²) in [5.41, 5.74) is 8.33. The minimum absolute atomic E-state index is 0.345. The molecule has 0 aromatic rings. The van der Waals surface area contributed by atoms with Crippen LogP contribution >= 0.6 is 0 Å². The number of hydrogen-bond donors (Lipinski definition) is 6. The van der Waals surface area contributed by atoms with Crippen molar-refractivity contribution in [1.29, 1.82) is 0 Å². The van der Waals surface area contributed by atoms with E-state index in [-0.39, 0.29) is 6.42 Å². The van der Waals surface area contributed by atoms with Crippen molar-refractivity contribution in [2.24, 2.45) is 17.4 Å². The third-order valence-electron chi connectivity index (χ3n) is 1.33. The molecule has 80 valence electrons. The lowest BCUT2D eigenvalue weighted by Gasteiger charge is -2.14. The Hall–Kier alpha value is -1.87. The summed E-state index contributed by atoms with van der Waals surface area (Å²) in [6.45, 7) is 0. The quantitative estimate of drug-likeness (QED) is 0.158. The van der Waals surface area contributed by atoms with Crippen LogP contribution in [0.5, 0.6) is 0 Å². The van der Waals surface area contributed by atoms with Crippen molar-refractivity contribution in [2.45, 2.75) is 12.5 Å². The maximum Gasteiger partial charge on any atom is 0.312 e. The Morgan fingerprint density at radius 1 is 1.14 bits per heavy atom. The fourth-order valence-corrected chi connectivity index (χ4v) is 0.726. The lowest BCUT2D eigenvalue weighted by molar-refractivity contribution is -0.128. The van der Waals surface area contributed by atoms with E-state index >= 15 is 0 Å². The molecule has 0 aromatic heterocycles. The first-order valence-electron chi connectivity index (χ1n) is 3.57. The van der Waals surface area contributed by atoms with Crippen molar-refractivity contribution in [2.75, 3.05) is 0 Å². The number of hydrogen-bond acceptors (Lipinski definition) is 5. The van der Waals surface area contributed by atoms with Crippen LogP contribution in [0.2, 0.25) is 0 Å². The minimum atomic E-state index is -1.14. The summed E-state index contributed by atoms with van der Waals surface area (Å²) in [5, 5.41) is 2.03. The lowest BCUT2D eigenvalue weighted by atomic mass is 10.2. The highest BCUT2D eigenvalue weighted by Crippen LogP contribution is 1.91. The molecule has 0 fully saturated rings. The second-order valence-corrected chi connectivity index (χ2v) is 2.34. The summed E-state index contributed by atoms with van der Waals surface area (Å²) < 4.78 is 0. The second kappa shape index (κ2) is 5.72. The van der Waals surface area contributed by atoms with Gasteiger partial charge in [-0.1, -0.05) is 0 Å². The monoisotopic (exact) mass is 204 g/mol. The predicted octanol–water partition coefficient (Wildman–Crippen LogP) is -3.61. The van der Waals surface area contributed by atoms with E-state index in [0.29, 0.717) is 0 Å². The molecule has 0 aliphatic rings. The number of carbonyl (C=O) groups is 3. The van der Waals surface area contributed by atoms with Crippen LogP contribution in [0.25, 0.3) is 0 Å². The van der Waals surface area contributed by atoms with Crippen LogP contribution in [0.3, 0.4) is 0 Å². The van der Waals surface area contributed by atoms with Gasteiger partial charge in [0, 0.05) is 0 Å². The Morgan fingerprint density at radius 2 is 1.71 bits per heavy atom. The molecule has 9 nitrogen and oxygen atoms in total. The Balaban J connectivity index is 4.31. The van der Waals surface area contributed by atoms with E-state index in [9.17, 15) is 14.4 Å². The Kier molecular flexibility index (Phi) is 4.96. The van der Waals surface area contributed by atoms with Gasteiger partial charge in [-0.3, -0.25) is 20.4 Å². The van der Waals surface area contributed by atoms with E-state index in [1.807, 2.05) is 5.32 Å². The van der Waals surface area contributed by atoms with Gasteiger partial charge in [0.15, 0.2) is 0 Å². The van der Waals surface area contributed by atoms with Gasteiger partial charge in [-0.05, 0) is 0 Å². The molecule has 0 radical (unpaired) electrons. The molecule has 1 unspecified atom stereocenters. The molecule has 14 heavy (non-hydrogen) atoms. The molecule has 9 heteroatoms. The highest BCUT2D eigenvalue weighted by atomic mass is 16.2. The zero-order chi connectivity index (χ0) is 11.1. The molecule has 4 amide bonds. The standard InChI is InChI=1S/C5H12N6O3/c6-5(14)9-2(4(13)11-8)1-3(12)10-7/h2H,1,7-8H2,(H,10,12)(H,11,13)(H3,6,9,14). The number of primary amides is 1. The van der Waals surface area contributed by atoms with Gasteiger partial charge in [-0.2, -0.15) is 0 Å². The highest BCUT2D eigenvalue weighted by molar-refractivity contribution is 5.90. The van der Waals surface area contributed by atoms with E-state index in [4.69, 9.17) is 17.4 Å². The first-order chi connectivity index (χ1) is 6.51. The molecule has 0 saturated carbocycles. The smallest absolute Gasteiger partial charge is 0.312 e. The average molecular weight is 204 g/mol. The highest BCUT2D eigenvalue weighted by Gasteiger charge is 2.21. The second-order valence-electron chi connectivity index (χ2n) is 2.34. The van der Waals surface area contributed by atoms with Gasteiger partial charge < -0.3 is 11.1 Å². The number of hydrazine groups is 2. The summed E-state index contributed by atoms with van der Waals surface area (Å²) in [4.78, 5) is 32.2. The number of urea groups is 1. The summed E-state index contributed by atoms with van der Waals surface area (Å²) in [6, 6.07) is -2.08. The van der Waals surface area contributed by atoms with Gasteiger partial charge in [-0.25, -0.2) is 16.5 Å². The van der Waals surface area contributed by atoms with Crippen LogP contribution in [0.1, 0.15) is 6.42 Å². The van der Waals surface area contributed by atoms with Crippen molar-refractivity contribution in [3.8, 4) is 0 Å². The molecule has 9 N–H and O–H groups in total. The SMILES string of the molecule is NNC(=O)CC(NC(N)=O)C(=O)NN. The van der Waals surface area contributed by atoms with Crippen molar-refractivity contribution in [3.05, 3.63) is 0 Å². The summed E-state index contributed by atoms with van der Waals surface area (Å²) >= 11 is 0.